The molecule has 0 unspecified atom stereocenters. The summed E-state index contributed by atoms with van der Waals surface area (Å²) in [7, 11) is 0. The number of carbonyl (C=O) groups excluding carboxylic acids is 1. The molecule has 62 valence electrons. The lowest BCUT2D eigenvalue weighted by Crippen LogP contribution is -2.28. The largest absolute Gasteiger partial charge is 0.339 e. The number of rotatable bonds is 1. The van der Waals surface area contributed by atoms with E-state index in [1.165, 1.54) is 12.8 Å². The van der Waals surface area contributed by atoms with E-state index < -0.39 is 0 Å². The number of carbonyl (C=O) groups is 1. The van der Waals surface area contributed by atoms with Crippen LogP contribution in [0.25, 0.3) is 0 Å². The molecule has 2 nitrogen and oxygen atoms in total. The monoisotopic (exact) mass is 153 g/mol. The van der Waals surface area contributed by atoms with Crippen molar-refractivity contribution in [1.82, 2.24) is 4.90 Å². The topological polar surface area (TPSA) is 20.3 Å². The Kier molecular flexibility index (Phi) is 1.29. The summed E-state index contributed by atoms with van der Waals surface area (Å²) in [5.74, 6) is 0.373. The lowest BCUT2D eigenvalue weighted by Gasteiger charge is -2.18. The third kappa shape index (κ3) is 1.26. The Bertz CT molecular complexity index is 194. The van der Waals surface area contributed by atoms with Crippen LogP contribution >= 0.6 is 0 Å². The normalized spacial score (nSPS) is 29.6. The summed E-state index contributed by atoms with van der Waals surface area (Å²) in [6, 6.07) is 0.615. The van der Waals surface area contributed by atoms with Gasteiger partial charge >= 0.3 is 0 Å². The Hall–Kier alpha value is -0.530. The highest BCUT2D eigenvalue weighted by Gasteiger charge is 2.42. The molecule has 1 heterocycles. The Morgan fingerprint density at radius 3 is 2.45 bits per heavy atom. The number of nitrogens with zero attached hydrogens (tertiary/aromatic N) is 1. The van der Waals surface area contributed by atoms with Crippen LogP contribution in [-0.2, 0) is 4.79 Å². The van der Waals surface area contributed by atoms with Gasteiger partial charge in [-0.2, -0.15) is 0 Å². The van der Waals surface area contributed by atoms with Gasteiger partial charge in [-0.05, 0) is 18.3 Å². The minimum absolute atomic E-state index is 0.236. The number of hydrogen-bond donors (Lipinski definition) is 0. The van der Waals surface area contributed by atoms with Crippen LogP contribution < -0.4 is 0 Å². The molecule has 2 fully saturated rings. The van der Waals surface area contributed by atoms with E-state index >= 15 is 0 Å². The fraction of sp³-hybridized carbons (Fsp3) is 0.889. The van der Waals surface area contributed by atoms with Crippen LogP contribution in [0.3, 0.4) is 0 Å². The van der Waals surface area contributed by atoms with Gasteiger partial charge in [0.1, 0.15) is 0 Å². The second-order valence-electron chi connectivity index (χ2n) is 4.59. The number of amides is 1. The van der Waals surface area contributed by atoms with Crippen molar-refractivity contribution in [3.05, 3.63) is 0 Å². The summed E-state index contributed by atoms with van der Waals surface area (Å²) in [5, 5.41) is 0. The zero-order valence-corrected chi connectivity index (χ0v) is 7.26. The van der Waals surface area contributed by atoms with Crippen LogP contribution in [0, 0.1) is 5.41 Å². The number of likely N-dealkylation sites (tertiary alicyclic amines) is 1. The summed E-state index contributed by atoms with van der Waals surface area (Å²) >= 11 is 0. The van der Waals surface area contributed by atoms with E-state index in [0.717, 1.165) is 13.0 Å². The summed E-state index contributed by atoms with van der Waals surface area (Å²) in [5.41, 5.74) is 0.236. The molecule has 0 aromatic carbocycles. The van der Waals surface area contributed by atoms with Gasteiger partial charge in [0.15, 0.2) is 0 Å². The molecule has 1 aliphatic heterocycles. The molecule has 1 saturated carbocycles. The van der Waals surface area contributed by atoms with Gasteiger partial charge in [-0.3, -0.25) is 4.79 Å². The quantitative estimate of drug-likeness (QED) is 0.557. The highest BCUT2D eigenvalue weighted by atomic mass is 16.2. The first kappa shape index (κ1) is 7.14. The van der Waals surface area contributed by atoms with E-state index in [2.05, 4.69) is 18.7 Å². The van der Waals surface area contributed by atoms with Crippen molar-refractivity contribution < 1.29 is 4.79 Å². The lowest BCUT2D eigenvalue weighted by atomic mass is 9.93. The van der Waals surface area contributed by atoms with Gasteiger partial charge in [0.2, 0.25) is 5.91 Å². The minimum atomic E-state index is 0.236. The van der Waals surface area contributed by atoms with E-state index in [1.54, 1.807) is 0 Å². The van der Waals surface area contributed by atoms with Gasteiger partial charge in [-0.25, -0.2) is 0 Å². The Labute approximate surface area is 67.6 Å². The molecular weight excluding hydrogens is 138 g/mol. The zero-order valence-electron chi connectivity index (χ0n) is 7.26. The first-order valence-corrected chi connectivity index (χ1v) is 4.38. The van der Waals surface area contributed by atoms with E-state index in [0.29, 0.717) is 11.9 Å². The van der Waals surface area contributed by atoms with E-state index in [-0.39, 0.29) is 5.41 Å². The molecule has 0 aromatic rings. The van der Waals surface area contributed by atoms with Crippen molar-refractivity contribution in [3.63, 3.8) is 0 Å². The summed E-state index contributed by atoms with van der Waals surface area (Å²) in [6.45, 7) is 5.33. The molecular formula is C9H15NO. The second kappa shape index (κ2) is 1.99. The minimum Gasteiger partial charge on any atom is -0.339 e. The third-order valence-electron chi connectivity index (χ3n) is 2.54. The van der Waals surface area contributed by atoms with Crippen molar-refractivity contribution in [2.75, 3.05) is 6.54 Å². The molecule has 0 aromatic heterocycles. The second-order valence-corrected chi connectivity index (χ2v) is 4.59. The van der Waals surface area contributed by atoms with E-state index in [9.17, 15) is 4.79 Å². The Morgan fingerprint density at radius 1 is 1.45 bits per heavy atom. The molecule has 1 amide bonds. The fourth-order valence-corrected chi connectivity index (χ4v) is 1.84. The molecule has 0 N–H and O–H groups in total. The first-order chi connectivity index (χ1) is 5.08. The maximum Gasteiger partial charge on any atom is 0.223 e. The molecule has 0 atom stereocenters. The number of hydrogen-bond acceptors (Lipinski definition) is 1. The molecule has 1 saturated heterocycles. The van der Waals surface area contributed by atoms with Gasteiger partial charge in [0.05, 0.1) is 0 Å². The molecule has 0 radical (unpaired) electrons. The van der Waals surface area contributed by atoms with Gasteiger partial charge < -0.3 is 4.90 Å². The van der Waals surface area contributed by atoms with Crippen molar-refractivity contribution in [2.45, 2.75) is 39.2 Å². The van der Waals surface area contributed by atoms with Crippen LogP contribution in [0.1, 0.15) is 33.1 Å². The highest BCUT2D eigenvalue weighted by Crippen LogP contribution is 2.37. The van der Waals surface area contributed by atoms with E-state index in [4.69, 9.17) is 0 Å². The van der Waals surface area contributed by atoms with E-state index in [1.807, 2.05) is 0 Å². The third-order valence-corrected chi connectivity index (χ3v) is 2.54. The summed E-state index contributed by atoms with van der Waals surface area (Å²) in [4.78, 5) is 13.5. The predicted molar refractivity (Wildman–Crippen MR) is 43.1 cm³/mol. The van der Waals surface area contributed by atoms with Gasteiger partial charge in [0, 0.05) is 19.0 Å². The summed E-state index contributed by atoms with van der Waals surface area (Å²) < 4.78 is 0. The molecule has 0 spiro atoms. The van der Waals surface area contributed by atoms with Crippen LogP contribution in [0.15, 0.2) is 0 Å². The maximum absolute atomic E-state index is 11.4. The molecule has 11 heavy (non-hydrogen) atoms. The van der Waals surface area contributed by atoms with Crippen LogP contribution in [0.5, 0.6) is 0 Å². The standard InChI is InChI=1S/C9H15NO/c1-9(2)5-8(11)10(6-9)7-3-4-7/h7H,3-6H2,1-2H3. The maximum atomic E-state index is 11.4. The van der Waals surface area contributed by atoms with Gasteiger partial charge in [-0.1, -0.05) is 13.8 Å². The van der Waals surface area contributed by atoms with Crippen molar-refractivity contribution in [3.8, 4) is 0 Å². The highest BCUT2D eigenvalue weighted by molar-refractivity contribution is 5.80. The Morgan fingerprint density at radius 2 is 2.09 bits per heavy atom. The predicted octanol–water partition coefficient (Wildman–Crippen LogP) is 1.41. The SMILES string of the molecule is CC1(C)CC(=O)N(C2CC2)C1. The summed E-state index contributed by atoms with van der Waals surface area (Å²) in [6.07, 6.45) is 3.23. The first-order valence-electron chi connectivity index (χ1n) is 4.38. The fourth-order valence-electron chi connectivity index (χ4n) is 1.84. The smallest absolute Gasteiger partial charge is 0.223 e. The van der Waals surface area contributed by atoms with Crippen molar-refractivity contribution in [1.29, 1.82) is 0 Å². The van der Waals surface area contributed by atoms with Gasteiger partial charge in [-0.15, -0.1) is 0 Å². The lowest BCUT2D eigenvalue weighted by molar-refractivity contribution is -0.128. The average molecular weight is 153 g/mol. The van der Waals surface area contributed by atoms with Crippen LogP contribution in [-0.4, -0.2) is 23.4 Å². The molecule has 0 bridgehead atoms. The van der Waals surface area contributed by atoms with Crippen LogP contribution in [0.4, 0.5) is 0 Å². The van der Waals surface area contributed by atoms with Gasteiger partial charge in [0.25, 0.3) is 0 Å². The van der Waals surface area contributed by atoms with Crippen molar-refractivity contribution >= 4 is 5.91 Å². The molecule has 2 rings (SSSR count). The zero-order chi connectivity index (χ0) is 8.06. The molecule has 2 aliphatic rings. The average Bonchev–Trinajstić information content (AvgIpc) is 2.59. The molecule has 1 aliphatic carbocycles. The molecule has 2 heteroatoms. The van der Waals surface area contributed by atoms with Crippen molar-refractivity contribution in [2.24, 2.45) is 5.41 Å². The Balaban J connectivity index is 2.07. The van der Waals surface area contributed by atoms with Crippen LogP contribution in [0.2, 0.25) is 0 Å².